The summed E-state index contributed by atoms with van der Waals surface area (Å²) in [4.78, 5) is 201. The number of nitrogens with one attached hydrogen (secondary N) is 9. The van der Waals surface area contributed by atoms with Crippen LogP contribution in [0.3, 0.4) is 0 Å². The average Bonchev–Trinajstić information content (AvgIpc) is 1.00. The summed E-state index contributed by atoms with van der Waals surface area (Å²) in [7, 11) is 1.59. The number of amides is 13. The molecule has 0 aromatic carbocycles. The zero-order chi connectivity index (χ0) is 87.6. The third-order valence-corrected chi connectivity index (χ3v) is 21.7. The van der Waals surface area contributed by atoms with E-state index >= 15 is 4.79 Å². The van der Waals surface area contributed by atoms with Crippen LogP contribution in [0.25, 0.3) is 0 Å². The molecular weight excluding hydrogens is 1570 g/mol. The first-order valence-electron chi connectivity index (χ1n) is 39.0. The number of primary amides is 1. The number of aliphatic imine (C=N–C) groups is 1. The van der Waals surface area contributed by atoms with E-state index in [4.69, 9.17) is 45.6 Å². The van der Waals surface area contributed by atoms with Crippen molar-refractivity contribution in [2.45, 2.75) is 276 Å². The molecule has 7 aliphatic heterocycles. The Morgan fingerprint density at radius 3 is 1.63 bits per heavy atom. The van der Waals surface area contributed by atoms with Gasteiger partial charge in [0.1, 0.15) is 121 Å². The molecule has 13 amide bonds. The highest BCUT2D eigenvalue weighted by Gasteiger charge is 2.61. The molecule has 0 saturated carbocycles. The Labute approximate surface area is 676 Å². The van der Waals surface area contributed by atoms with E-state index in [2.05, 4.69) is 52.8 Å². The van der Waals surface area contributed by atoms with Crippen molar-refractivity contribution in [3.8, 4) is 0 Å². The van der Waals surface area contributed by atoms with Gasteiger partial charge in [0.15, 0.2) is 18.5 Å². The first-order valence-corrected chi connectivity index (χ1v) is 39.0. The van der Waals surface area contributed by atoms with Crippen molar-refractivity contribution >= 4 is 88.7 Å². The zero-order valence-corrected chi connectivity index (χ0v) is 66.4. The molecule has 27 atom stereocenters. The summed E-state index contributed by atoms with van der Waals surface area (Å²) < 4.78 is 35.6. The lowest BCUT2D eigenvalue weighted by Crippen LogP contribution is -2.71. The molecule has 26 N–H and O–H groups in total. The number of guanidine groups is 1. The summed E-state index contributed by atoms with van der Waals surface area (Å²) in [5.74, 6) is -16.6. The highest BCUT2D eigenvalue weighted by atomic mass is 16.8. The van der Waals surface area contributed by atoms with Crippen LogP contribution in [-0.4, -0.2) is 401 Å². The first kappa shape index (κ1) is 96.3. The molecule has 0 aromatic rings. The predicted molar refractivity (Wildman–Crippen MR) is 398 cm³/mol. The van der Waals surface area contributed by atoms with E-state index in [1.807, 2.05) is 0 Å². The molecule has 0 bridgehead atoms. The van der Waals surface area contributed by atoms with Crippen molar-refractivity contribution in [2.75, 3.05) is 72.7 Å². The lowest BCUT2D eigenvalue weighted by atomic mass is 9.88. The van der Waals surface area contributed by atoms with Crippen molar-refractivity contribution in [1.29, 1.82) is 0 Å². The SMILES string of the molecule is CNC(CCCN=C(N)N)C(=O)N1CCCC1C(=O)NC(C)C(=O)N1CCCC1C(=O)NCC(=O)NC(CO)C(=O)NC(C(=O)NC(C)C(=O)N1CCCC1C(=O)N1CCCC1C(=O)NC(C)C(N)=O)C(C)O[C@H]1OC(CO)[C@H](O)C(O[C@@H]2OC(CO)[C@H](O)C(O[C@]3(C(=O)O)C[C@@H](O)[C@@H](NC(C)=O)C([C@H](O)[C@H](O)CO)O3)[C@@H]2O)[C@@H]1NC(C)=O. The van der Waals surface area contributed by atoms with Gasteiger partial charge in [0.2, 0.25) is 76.8 Å². The van der Waals surface area contributed by atoms with Crippen LogP contribution in [0.4, 0.5) is 0 Å². The zero-order valence-electron chi connectivity index (χ0n) is 66.4. The molecule has 666 valence electrons. The second-order valence-electron chi connectivity index (χ2n) is 30.2. The van der Waals surface area contributed by atoms with Crippen molar-refractivity contribution < 1.29 is 152 Å². The summed E-state index contributed by atoms with van der Waals surface area (Å²) in [6.45, 7) is 1.94. The number of likely N-dealkylation sites (tertiary alicyclic amines) is 4. The number of aliphatic carboxylic acids is 1. The van der Waals surface area contributed by atoms with Gasteiger partial charge in [-0.1, -0.05) is 0 Å². The minimum absolute atomic E-state index is 0.0448. The van der Waals surface area contributed by atoms with Crippen molar-refractivity contribution in [2.24, 2.45) is 22.2 Å². The second-order valence-corrected chi connectivity index (χ2v) is 30.2. The molecule has 7 aliphatic rings. The van der Waals surface area contributed by atoms with E-state index in [9.17, 15) is 119 Å². The van der Waals surface area contributed by atoms with E-state index in [-0.39, 0.29) is 70.3 Å². The van der Waals surface area contributed by atoms with Gasteiger partial charge in [-0.05, 0) is 99.0 Å². The molecule has 0 aromatic heterocycles. The first-order chi connectivity index (χ1) is 55.7. The van der Waals surface area contributed by atoms with Crippen molar-refractivity contribution in [3.63, 3.8) is 0 Å². The summed E-state index contributed by atoms with van der Waals surface area (Å²) in [5.41, 5.74) is 16.2. The minimum Gasteiger partial charge on any atom is -0.477 e. The Morgan fingerprint density at radius 2 is 1.09 bits per heavy atom. The number of nitrogens with zero attached hydrogens (tertiary/aromatic N) is 5. The van der Waals surface area contributed by atoms with E-state index in [1.54, 1.807) is 7.05 Å². The number of carbonyl (C=O) groups is 14. The molecule has 0 radical (unpaired) electrons. The molecule has 7 fully saturated rings. The smallest absolute Gasteiger partial charge is 0.364 e. The Kier molecular flexibility index (Phi) is 35.4. The molecule has 7 rings (SSSR count). The molecule has 0 aliphatic carbocycles. The Balaban J connectivity index is 1.11. The van der Waals surface area contributed by atoms with Gasteiger partial charge in [-0.3, -0.25) is 67.3 Å². The maximum Gasteiger partial charge on any atom is 0.364 e. The maximum atomic E-state index is 15.0. The van der Waals surface area contributed by atoms with Gasteiger partial charge in [0.05, 0.1) is 57.3 Å². The molecule has 118 heavy (non-hydrogen) atoms. The lowest BCUT2D eigenvalue weighted by Gasteiger charge is -2.51. The third kappa shape index (κ3) is 23.6. The minimum atomic E-state index is -3.28. The van der Waals surface area contributed by atoms with Gasteiger partial charge < -0.3 is 169 Å². The largest absolute Gasteiger partial charge is 0.477 e. The standard InChI is InChI=1S/C70H115N17O31/c1-29(56(71)101)77-59(104)39-16-11-21-86(39)65(110)40-17-12-22-87(40)63(108)31(3)79-61(106)46(83-57(102)36(25-88)82-45(96)24-76-58(103)37-14-9-19-84(37)62(107)30(2)78-60(105)38-15-10-20-85(38)64(109)35(74-7)13-8-18-75-69(72)73)32(4)113-66-48(81-34(6)93)53(50(98)43(27-90)114-66)116-67-52(100)55(51(99)44(28-91)115-67)118-70(68(111)112)23-41(94)47(80-33(5)92)54(117-70)49(97)42(95)26-89/h29-32,35-44,46-55,66-67,74,88-91,94-95,97-100H,8-28H2,1-7H3,(H2,71,101)(H,76,103)(H,77,104)(H,78,105)(H,79,106)(H,80,92)(H,81,93)(H,82,96)(H,83,102)(H,111,112)(H4,72,73,75)/t29?,30?,31?,32?,35?,36?,37?,38?,39?,40?,41-,42-,43?,44?,46?,47-,48+,49-,50+,51+,52+,53?,54?,55?,66+,67+,70+/m1/s1. The number of hydrogen-bond donors (Lipinski definition) is 23. The van der Waals surface area contributed by atoms with Crippen molar-refractivity contribution in [3.05, 3.63) is 0 Å². The normalized spacial score (nSPS) is 30.6. The fourth-order valence-electron chi connectivity index (χ4n) is 15.4. The van der Waals surface area contributed by atoms with Gasteiger partial charge in [-0.2, -0.15) is 0 Å². The van der Waals surface area contributed by atoms with Crippen LogP contribution >= 0.6 is 0 Å². The van der Waals surface area contributed by atoms with Gasteiger partial charge in [-0.25, -0.2) is 4.79 Å². The summed E-state index contributed by atoms with van der Waals surface area (Å²) in [5, 5.41) is 143. The Morgan fingerprint density at radius 1 is 0.585 bits per heavy atom. The topological polar surface area (TPSA) is 729 Å². The Hall–Kier alpha value is -8.83. The second kappa shape index (κ2) is 43.4. The quantitative estimate of drug-likeness (QED) is 0.0155. The van der Waals surface area contributed by atoms with E-state index in [1.165, 1.54) is 35.5 Å². The summed E-state index contributed by atoms with van der Waals surface area (Å²) in [6, 6.07) is -16.8. The maximum absolute atomic E-state index is 15.0. The number of nitrogens with two attached hydrogens (primary N) is 3. The number of carboxylic acid groups (broad SMARTS) is 1. The molecular formula is C70H115N17O31. The molecule has 48 heteroatoms. The molecule has 48 nitrogen and oxygen atoms in total. The van der Waals surface area contributed by atoms with Crippen LogP contribution in [0, 0.1) is 0 Å². The van der Waals surface area contributed by atoms with E-state index < -0.39 is 280 Å². The monoisotopic (exact) mass is 1690 g/mol. The van der Waals surface area contributed by atoms with Crippen LogP contribution in [0.1, 0.15) is 112 Å². The van der Waals surface area contributed by atoms with Crippen LogP contribution < -0.4 is 65.1 Å². The number of ether oxygens (including phenoxy) is 6. The predicted octanol–water partition coefficient (Wildman–Crippen LogP) is -14.0. The molecule has 16 unspecified atom stereocenters. The van der Waals surface area contributed by atoms with Crippen LogP contribution in [-0.2, 0) is 95.5 Å². The number of likely N-dealkylation sites (N-methyl/N-ethyl adjacent to an activating group) is 1. The van der Waals surface area contributed by atoms with Crippen LogP contribution in [0.5, 0.6) is 0 Å². The average molecular weight is 1690 g/mol. The lowest BCUT2D eigenvalue weighted by molar-refractivity contribution is -0.382. The van der Waals surface area contributed by atoms with E-state index in [0.717, 1.165) is 25.7 Å². The number of carboxylic acids is 1. The van der Waals surface area contributed by atoms with Gasteiger partial charge in [0, 0.05) is 53.0 Å². The van der Waals surface area contributed by atoms with Gasteiger partial charge in [0.25, 0.3) is 5.79 Å². The van der Waals surface area contributed by atoms with Crippen LogP contribution in [0.2, 0.25) is 0 Å². The Bertz CT molecular complexity index is 3590. The van der Waals surface area contributed by atoms with E-state index in [0.29, 0.717) is 38.5 Å². The fraction of sp³-hybridized carbons (Fsp3) is 0.786. The number of aliphatic hydroxyl groups excluding tert-OH is 10. The number of rotatable bonds is 38. The number of hydrogen-bond acceptors (Lipinski definition) is 32. The molecule has 7 heterocycles. The third-order valence-electron chi connectivity index (χ3n) is 21.7. The number of carbonyl (C=O) groups excluding carboxylic acids is 13. The fourth-order valence-corrected chi connectivity index (χ4v) is 15.4. The summed E-state index contributed by atoms with van der Waals surface area (Å²) in [6.07, 6.45) is -28.6. The van der Waals surface area contributed by atoms with Gasteiger partial charge in [-0.15, -0.1) is 0 Å². The molecule has 7 saturated heterocycles. The highest BCUT2D eigenvalue weighted by Crippen LogP contribution is 2.39. The van der Waals surface area contributed by atoms with Crippen LogP contribution in [0.15, 0.2) is 4.99 Å². The highest BCUT2D eigenvalue weighted by molar-refractivity contribution is 5.99. The summed E-state index contributed by atoms with van der Waals surface area (Å²) >= 11 is 0. The van der Waals surface area contributed by atoms with Crippen molar-refractivity contribution in [1.82, 2.24) is 67.5 Å². The number of aliphatic hydroxyl groups is 10. The van der Waals surface area contributed by atoms with Gasteiger partial charge >= 0.3 is 5.97 Å². The molecule has 0 spiro atoms.